The first-order valence-electron chi connectivity index (χ1n) is 3.59. The molecule has 4 heteroatoms. The molecule has 60 valence electrons. The van der Waals surface area contributed by atoms with Crippen molar-refractivity contribution in [3.8, 4) is 0 Å². The summed E-state index contributed by atoms with van der Waals surface area (Å²) < 4.78 is 0. The number of nitrogens with one attached hydrogen (secondary N) is 2. The molecule has 2 N–H and O–H groups in total. The molecule has 1 rings (SSSR count). The van der Waals surface area contributed by atoms with E-state index in [-0.39, 0.29) is 0 Å². The topological polar surface area (TPSA) is 57.8 Å². The zero-order valence-corrected chi connectivity index (χ0v) is 6.21. The van der Waals surface area contributed by atoms with Crippen LogP contribution in [0.2, 0.25) is 0 Å². The van der Waals surface area contributed by atoms with Crippen LogP contribution >= 0.6 is 0 Å². The SMILES string of the molecule is O=CNCCCc1ncc[nH]1. The molecule has 1 heterocycles. The van der Waals surface area contributed by atoms with E-state index >= 15 is 0 Å². The van der Waals surface area contributed by atoms with Crippen molar-refractivity contribution in [1.29, 1.82) is 0 Å². The molecule has 0 unspecified atom stereocenters. The van der Waals surface area contributed by atoms with E-state index in [1.165, 1.54) is 0 Å². The standard InChI is InChI=1S/C7H11N3O/c11-6-8-3-1-2-7-9-4-5-10-7/h4-6H,1-3H2,(H,8,11)(H,9,10). The number of aromatic amines is 1. The number of H-pyrrole nitrogens is 1. The number of hydrogen-bond acceptors (Lipinski definition) is 2. The molecule has 0 saturated carbocycles. The normalized spacial score (nSPS) is 9.45. The van der Waals surface area contributed by atoms with Gasteiger partial charge >= 0.3 is 0 Å². The Labute approximate surface area is 65.0 Å². The summed E-state index contributed by atoms with van der Waals surface area (Å²) in [5.74, 6) is 0.970. The third kappa shape index (κ3) is 2.84. The number of imidazole rings is 1. The van der Waals surface area contributed by atoms with Crippen LogP contribution in [-0.4, -0.2) is 22.9 Å². The summed E-state index contributed by atoms with van der Waals surface area (Å²) in [6.45, 7) is 0.713. The van der Waals surface area contributed by atoms with Gasteiger partial charge in [0, 0.05) is 25.4 Å². The zero-order chi connectivity index (χ0) is 7.94. The first-order chi connectivity index (χ1) is 5.43. The molecule has 0 aliphatic rings. The number of aryl methyl sites for hydroxylation is 1. The van der Waals surface area contributed by atoms with Gasteiger partial charge in [-0.15, -0.1) is 0 Å². The van der Waals surface area contributed by atoms with Gasteiger partial charge in [-0.3, -0.25) is 4.79 Å². The monoisotopic (exact) mass is 153 g/mol. The zero-order valence-electron chi connectivity index (χ0n) is 6.21. The first-order valence-corrected chi connectivity index (χ1v) is 3.59. The fraction of sp³-hybridized carbons (Fsp3) is 0.429. The highest BCUT2D eigenvalue weighted by molar-refractivity contribution is 5.45. The van der Waals surface area contributed by atoms with Gasteiger partial charge in [0.1, 0.15) is 5.82 Å². The van der Waals surface area contributed by atoms with Crippen molar-refractivity contribution in [2.24, 2.45) is 0 Å². The minimum absolute atomic E-state index is 0.710. The van der Waals surface area contributed by atoms with Crippen molar-refractivity contribution in [3.63, 3.8) is 0 Å². The van der Waals surface area contributed by atoms with Gasteiger partial charge in [0.2, 0.25) is 6.41 Å². The van der Waals surface area contributed by atoms with Gasteiger partial charge in [0.15, 0.2) is 0 Å². The molecule has 0 saturated heterocycles. The first kappa shape index (κ1) is 7.78. The number of aromatic nitrogens is 2. The third-order valence-electron chi connectivity index (χ3n) is 1.37. The summed E-state index contributed by atoms with van der Waals surface area (Å²) in [4.78, 5) is 16.9. The lowest BCUT2D eigenvalue weighted by molar-refractivity contribution is -0.109. The van der Waals surface area contributed by atoms with Crippen molar-refractivity contribution in [3.05, 3.63) is 18.2 Å². The molecule has 0 aromatic carbocycles. The van der Waals surface area contributed by atoms with E-state index in [2.05, 4.69) is 15.3 Å². The molecule has 1 aromatic heterocycles. The summed E-state index contributed by atoms with van der Waals surface area (Å²) in [5.41, 5.74) is 0. The largest absolute Gasteiger partial charge is 0.359 e. The Hall–Kier alpha value is -1.32. The van der Waals surface area contributed by atoms with Crippen LogP contribution in [0.3, 0.4) is 0 Å². The Bertz CT molecular complexity index is 195. The molecule has 0 aliphatic heterocycles. The van der Waals surface area contributed by atoms with Crippen LogP contribution in [0.5, 0.6) is 0 Å². The number of amides is 1. The third-order valence-corrected chi connectivity index (χ3v) is 1.37. The number of rotatable bonds is 5. The predicted molar refractivity (Wildman–Crippen MR) is 41.0 cm³/mol. The molecule has 0 aliphatic carbocycles. The molecule has 0 atom stereocenters. The smallest absolute Gasteiger partial charge is 0.207 e. The predicted octanol–water partition coefficient (Wildman–Crippen LogP) is 0.0883. The van der Waals surface area contributed by atoms with E-state index in [9.17, 15) is 4.79 Å². The molecular weight excluding hydrogens is 142 g/mol. The number of nitrogens with zero attached hydrogens (tertiary/aromatic N) is 1. The van der Waals surface area contributed by atoms with Gasteiger partial charge in [-0.05, 0) is 6.42 Å². The number of hydrogen-bond donors (Lipinski definition) is 2. The Kier molecular flexibility index (Phi) is 3.18. The Balaban J connectivity index is 2.09. The lowest BCUT2D eigenvalue weighted by atomic mass is 10.3. The second kappa shape index (κ2) is 4.49. The molecule has 1 aromatic rings. The summed E-state index contributed by atoms with van der Waals surface area (Å²) >= 11 is 0. The van der Waals surface area contributed by atoms with Crippen LogP contribution in [0, 0.1) is 0 Å². The molecule has 11 heavy (non-hydrogen) atoms. The Morgan fingerprint density at radius 2 is 2.64 bits per heavy atom. The van der Waals surface area contributed by atoms with E-state index in [4.69, 9.17) is 0 Å². The Morgan fingerprint density at radius 3 is 3.27 bits per heavy atom. The van der Waals surface area contributed by atoms with Gasteiger partial charge < -0.3 is 10.3 Å². The molecule has 0 bridgehead atoms. The van der Waals surface area contributed by atoms with Crippen molar-refractivity contribution in [2.75, 3.05) is 6.54 Å². The summed E-state index contributed by atoms with van der Waals surface area (Å²) in [5, 5.41) is 2.59. The van der Waals surface area contributed by atoms with E-state index in [0.717, 1.165) is 18.7 Å². The average Bonchev–Trinajstić information content (AvgIpc) is 2.50. The second-order valence-corrected chi connectivity index (χ2v) is 2.21. The van der Waals surface area contributed by atoms with Crippen LogP contribution in [0.1, 0.15) is 12.2 Å². The van der Waals surface area contributed by atoms with Crippen molar-refractivity contribution < 1.29 is 4.79 Å². The number of carbonyl (C=O) groups is 1. The van der Waals surface area contributed by atoms with Gasteiger partial charge in [-0.2, -0.15) is 0 Å². The van der Waals surface area contributed by atoms with Crippen LogP contribution in [-0.2, 0) is 11.2 Å². The molecule has 0 fully saturated rings. The van der Waals surface area contributed by atoms with Crippen molar-refractivity contribution >= 4 is 6.41 Å². The van der Waals surface area contributed by atoms with Gasteiger partial charge in [-0.1, -0.05) is 0 Å². The van der Waals surface area contributed by atoms with E-state index in [1.54, 1.807) is 12.4 Å². The minimum Gasteiger partial charge on any atom is -0.359 e. The fourth-order valence-corrected chi connectivity index (χ4v) is 0.852. The lowest BCUT2D eigenvalue weighted by Crippen LogP contribution is -2.12. The molecule has 4 nitrogen and oxygen atoms in total. The lowest BCUT2D eigenvalue weighted by Gasteiger charge is -1.95. The quantitative estimate of drug-likeness (QED) is 0.465. The van der Waals surface area contributed by atoms with Crippen molar-refractivity contribution in [1.82, 2.24) is 15.3 Å². The molecule has 0 spiro atoms. The van der Waals surface area contributed by atoms with E-state index in [1.807, 2.05) is 0 Å². The van der Waals surface area contributed by atoms with Crippen molar-refractivity contribution in [2.45, 2.75) is 12.8 Å². The molecule has 0 radical (unpaired) electrons. The maximum absolute atomic E-state index is 9.83. The van der Waals surface area contributed by atoms with E-state index in [0.29, 0.717) is 13.0 Å². The maximum Gasteiger partial charge on any atom is 0.207 e. The summed E-state index contributed by atoms with van der Waals surface area (Å²) in [6, 6.07) is 0. The van der Waals surface area contributed by atoms with Crippen LogP contribution in [0.15, 0.2) is 12.4 Å². The van der Waals surface area contributed by atoms with Crippen LogP contribution in [0.4, 0.5) is 0 Å². The minimum atomic E-state index is 0.710. The highest BCUT2D eigenvalue weighted by Crippen LogP contribution is 1.92. The average molecular weight is 153 g/mol. The molecule has 1 amide bonds. The van der Waals surface area contributed by atoms with Gasteiger partial charge in [-0.25, -0.2) is 4.98 Å². The van der Waals surface area contributed by atoms with Gasteiger partial charge in [0.05, 0.1) is 0 Å². The van der Waals surface area contributed by atoms with E-state index < -0.39 is 0 Å². The fourth-order valence-electron chi connectivity index (χ4n) is 0.852. The molecular formula is C7H11N3O. The summed E-state index contributed by atoms with van der Waals surface area (Å²) in [7, 11) is 0. The summed E-state index contributed by atoms with van der Waals surface area (Å²) in [6.07, 6.45) is 6.03. The van der Waals surface area contributed by atoms with Crippen LogP contribution in [0.25, 0.3) is 0 Å². The highest BCUT2D eigenvalue weighted by atomic mass is 16.1. The Morgan fingerprint density at radius 1 is 1.73 bits per heavy atom. The number of carbonyl (C=O) groups excluding carboxylic acids is 1. The van der Waals surface area contributed by atoms with Gasteiger partial charge in [0.25, 0.3) is 0 Å². The second-order valence-electron chi connectivity index (χ2n) is 2.21. The highest BCUT2D eigenvalue weighted by Gasteiger charge is 1.92. The van der Waals surface area contributed by atoms with Crippen LogP contribution < -0.4 is 5.32 Å². The maximum atomic E-state index is 9.83.